The lowest BCUT2D eigenvalue weighted by atomic mass is 9.90. The number of hydrogen-bond acceptors (Lipinski definition) is 6. The van der Waals surface area contributed by atoms with Crippen molar-refractivity contribution in [3.63, 3.8) is 0 Å². The van der Waals surface area contributed by atoms with E-state index in [0.29, 0.717) is 12.8 Å². The number of rotatable bonds is 8. The Hall–Kier alpha value is -0.530. The number of aliphatic hydroxyl groups excluding tert-OH is 3. The maximum Gasteiger partial charge on any atom is 0.129 e. The number of ether oxygens (including phenoxy) is 1. The first-order chi connectivity index (χ1) is 9.47. The van der Waals surface area contributed by atoms with Gasteiger partial charge in [-0.15, -0.1) is 0 Å². The van der Waals surface area contributed by atoms with Gasteiger partial charge in [0.2, 0.25) is 0 Å². The van der Waals surface area contributed by atoms with Crippen molar-refractivity contribution < 1.29 is 24.9 Å². The van der Waals surface area contributed by atoms with Gasteiger partial charge in [-0.3, -0.25) is 0 Å². The molecule has 0 aromatic heterocycles. The van der Waals surface area contributed by atoms with Crippen molar-refractivity contribution in [1.82, 2.24) is 0 Å². The third kappa shape index (κ3) is 5.10. The maximum absolute atomic E-state index is 10.8. The molecule has 1 fully saturated rings. The van der Waals surface area contributed by atoms with Crippen LogP contribution in [-0.2, 0) is 9.53 Å². The van der Waals surface area contributed by atoms with Gasteiger partial charge in [0.15, 0.2) is 0 Å². The molecule has 0 amide bonds. The second-order valence-corrected chi connectivity index (χ2v) is 5.61. The molecule has 0 spiro atoms. The molecule has 0 aliphatic carbocycles. The minimum atomic E-state index is -1.14. The summed E-state index contributed by atoms with van der Waals surface area (Å²) in [6.07, 6.45) is 1.72. The van der Waals surface area contributed by atoms with Crippen LogP contribution in [0.4, 0.5) is 0 Å². The molecule has 1 rings (SSSR count). The van der Waals surface area contributed by atoms with Crippen molar-refractivity contribution in [2.45, 2.75) is 75.9 Å². The van der Waals surface area contributed by atoms with Crippen LogP contribution in [0.2, 0.25) is 0 Å². The van der Waals surface area contributed by atoms with Crippen molar-refractivity contribution in [2.24, 2.45) is 5.73 Å². The number of Topliss-reactive ketones (excluding diaryl/α,β-unsaturated/α-hetero) is 1. The Morgan fingerprint density at radius 3 is 2.35 bits per heavy atom. The molecule has 5 N–H and O–H groups in total. The highest BCUT2D eigenvalue weighted by molar-refractivity contribution is 5.75. The molecule has 118 valence electrons. The van der Waals surface area contributed by atoms with Gasteiger partial charge in [-0.2, -0.15) is 0 Å². The van der Waals surface area contributed by atoms with Crippen LogP contribution in [0.1, 0.15) is 45.4 Å². The van der Waals surface area contributed by atoms with Crippen molar-refractivity contribution in [1.29, 1.82) is 0 Å². The molecule has 2 unspecified atom stereocenters. The van der Waals surface area contributed by atoms with Crippen molar-refractivity contribution in [3.05, 3.63) is 0 Å². The van der Waals surface area contributed by atoms with Crippen LogP contribution in [0.15, 0.2) is 0 Å². The van der Waals surface area contributed by atoms with Crippen LogP contribution in [0.3, 0.4) is 0 Å². The van der Waals surface area contributed by atoms with E-state index in [1.807, 2.05) is 0 Å². The average molecular weight is 289 g/mol. The fraction of sp³-hybridized carbons (Fsp3) is 0.929. The summed E-state index contributed by atoms with van der Waals surface area (Å²) in [5.41, 5.74) is 5.85. The maximum atomic E-state index is 10.8. The minimum Gasteiger partial charge on any atom is -0.394 e. The first kappa shape index (κ1) is 17.5. The first-order valence-corrected chi connectivity index (χ1v) is 7.34. The van der Waals surface area contributed by atoms with E-state index in [4.69, 9.17) is 15.6 Å². The quantitative estimate of drug-likeness (QED) is 0.457. The highest BCUT2D eigenvalue weighted by atomic mass is 16.5. The summed E-state index contributed by atoms with van der Waals surface area (Å²) in [7, 11) is 0. The molecule has 6 heteroatoms. The Morgan fingerprint density at radius 1 is 1.10 bits per heavy atom. The molecule has 1 aliphatic heterocycles. The van der Waals surface area contributed by atoms with Crippen molar-refractivity contribution in [2.75, 3.05) is 6.61 Å². The Kier molecular flexibility index (Phi) is 7.61. The Morgan fingerprint density at radius 2 is 1.75 bits per heavy atom. The largest absolute Gasteiger partial charge is 0.394 e. The monoisotopic (exact) mass is 289 g/mol. The highest BCUT2D eigenvalue weighted by Gasteiger charge is 2.41. The van der Waals surface area contributed by atoms with E-state index in [1.165, 1.54) is 0 Å². The normalized spacial score (nSPS) is 34.1. The summed E-state index contributed by atoms with van der Waals surface area (Å²) in [6.45, 7) is 1.26. The molecule has 1 saturated heterocycles. The molecular weight excluding hydrogens is 262 g/mol. The van der Waals surface area contributed by atoms with Gasteiger partial charge in [0.25, 0.3) is 0 Å². The molecule has 0 aromatic rings. The van der Waals surface area contributed by atoms with E-state index < -0.39 is 24.4 Å². The van der Waals surface area contributed by atoms with Crippen LogP contribution in [-0.4, -0.2) is 58.2 Å². The predicted molar refractivity (Wildman–Crippen MR) is 74.1 cm³/mol. The van der Waals surface area contributed by atoms with Crippen LogP contribution in [0, 0.1) is 0 Å². The molecule has 6 nitrogen and oxygen atoms in total. The molecule has 0 aromatic carbocycles. The number of aliphatic hydroxyl groups is 3. The highest BCUT2D eigenvalue weighted by Crippen LogP contribution is 2.23. The fourth-order valence-electron chi connectivity index (χ4n) is 2.55. The van der Waals surface area contributed by atoms with Crippen molar-refractivity contribution in [3.8, 4) is 0 Å². The van der Waals surface area contributed by atoms with Gasteiger partial charge in [-0.05, 0) is 19.8 Å². The predicted octanol–water partition coefficient (Wildman–Crippen LogP) is -0.275. The second kappa shape index (κ2) is 8.69. The second-order valence-electron chi connectivity index (χ2n) is 5.61. The molecule has 0 saturated carbocycles. The lowest BCUT2D eigenvalue weighted by molar-refractivity contribution is -0.190. The van der Waals surface area contributed by atoms with Gasteiger partial charge in [0, 0.05) is 6.42 Å². The van der Waals surface area contributed by atoms with Crippen molar-refractivity contribution >= 4 is 5.78 Å². The zero-order valence-electron chi connectivity index (χ0n) is 12.1. The smallest absolute Gasteiger partial charge is 0.129 e. The number of unbranched alkanes of at least 4 members (excludes halogenated alkanes) is 3. The van der Waals surface area contributed by atoms with E-state index in [2.05, 4.69) is 0 Å². The van der Waals surface area contributed by atoms with Crippen LogP contribution in [0.5, 0.6) is 0 Å². The number of carbonyl (C=O) groups excluding carboxylic acids is 1. The van der Waals surface area contributed by atoms with Crippen LogP contribution >= 0.6 is 0 Å². The molecule has 5 atom stereocenters. The third-order valence-electron chi connectivity index (χ3n) is 3.85. The molecule has 0 bridgehead atoms. The average Bonchev–Trinajstić information content (AvgIpc) is 2.42. The van der Waals surface area contributed by atoms with Gasteiger partial charge in [0.1, 0.15) is 24.1 Å². The zero-order valence-corrected chi connectivity index (χ0v) is 12.1. The van der Waals surface area contributed by atoms with Crippen LogP contribution in [0.25, 0.3) is 0 Å². The van der Waals surface area contributed by atoms with Gasteiger partial charge in [0.05, 0.1) is 18.8 Å². The summed E-state index contributed by atoms with van der Waals surface area (Å²) in [5.74, 6) is 0.213. The number of hydrogen-bond donors (Lipinski definition) is 4. The molecular formula is C14H27NO5. The molecule has 1 aliphatic rings. The van der Waals surface area contributed by atoms with E-state index in [0.717, 1.165) is 25.7 Å². The lowest BCUT2D eigenvalue weighted by Gasteiger charge is -2.41. The summed E-state index contributed by atoms with van der Waals surface area (Å²) >= 11 is 0. The summed E-state index contributed by atoms with van der Waals surface area (Å²) in [5, 5.41) is 28.6. The van der Waals surface area contributed by atoms with E-state index in [-0.39, 0.29) is 18.5 Å². The summed E-state index contributed by atoms with van der Waals surface area (Å²) in [6, 6.07) is -0.634. The summed E-state index contributed by atoms with van der Waals surface area (Å²) in [4.78, 5) is 10.8. The Labute approximate surface area is 119 Å². The molecule has 1 heterocycles. The third-order valence-corrected chi connectivity index (χ3v) is 3.85. The fourth-order valence-corrected chi connectivity index (χ4v) is 2.55. The molecule has 0 radical (unpaired) electrons. The molecule has 20 heavy (non-hydrogen) atoms. The topological polar surface area (TPSA) is 113 Å². The summed E-state index contributed by atoms with van der Waals surface area (Å²) < 4.78 is 5.54. The minimum absolute atomic E-state index is 0.213. The van der Waals surface area contributed by atoms with E-state index in [1.54, 1.807) is 6.92 Å². The van der Waals surface area contributed by atoms with Gasteiger partial charge >= 0.3 is 0 Å². The number of ketones is 1. The zero-order chi connectivity index (χ0) is 15.1. The van der Waals surface area contributed by atoms with Crippen LogP contribution < -0.4 is 5.73 Å². The lowest BCUT2D eigenvalue weighted by Crippen LogP contribution is -2.61. The van der Waals surface area contributed by atoms with Gasteiger partial charge in [-0.1, -0.05) is 19.3 Å². The number of carbonyl (C=O) groups is 1. The first-order valence-electron chi connectivity index (χ1n) is 7.34. The number of nitrogens with two attached hydrogens (primary N) is 1. The van der Waals surface area contributed by atoms with E-state index >= 15 is 0 Å². The Bertz CT molecular complexity index is 297. The standard InChI is InChI=1S/C14H27NO5/c1-9(17)6-4-2-3-5-7-10-12(15)14(19)13(18)11(8-16)20-10/h10-14,16,18-19H,2-8,15H2,1H3/t10-,11?,12?,13-,14+/m0/s1. The SMILES string of the molecule is CC(=O)CCCCCC[C@@H]1OC(CO)[C@H](O)[C@H](O)C1N. The van der Waals surface area contributed by atoms with E-state index in [9.17, 15) is 15.0 Å². The van der Waals surface area contributed by atoms with Gasteiger partial charge in [-0.25, -0.2) is 0 Å². The Balaban J connectivity index is 2.26. The van der Waals surface area contributed by atoms with Gasteiger partial charge < -0.3 is 30.6 Å².